The molecule has 0 unspecified atom stereocenters. The number of methoxy groups -OCH3 is 1. The van der Waals surface area contributed by atoms with Crippen molar-refractivity contribution in [3.8, 4) is 5.88 Å². The van der Waals surface area contributed by atoms with E-state index in [9.17, 15) is 4.39 Å². The molecule has 6 nitrogen and oxygen atoms in total. The first kappa shape index (κ1) is 21.2. The van der Waals surface area contributed by atoms with Crippen LogP contribution in [0, 0.1) is 5.82 Å². The molecule has 3 rings (SSSR count). The van der Waals surface area contributed by atoms with E-state index in [1.165, 1.54) is 6.07 Å². The number of piperazine rings is 1. The van der Waals surface area contributed by atoms with Gasteiger partial charge in [-0.1, -0.05) is 12.1 Å². The van der Waals surface area contributed by atoms with Gasteiger partial charge in [0.25, 0.3) is 0 Å². The maximum absolute atomic E-state index is 14.0. The minimum atomic E-state index is -0.171. The maximum atomic E-state index is 14.0. The van der Waals surface area contributed by atoms with Crippen molar-refractivity contribution in [2.24, 2.45) is 4.99 Å². The van der Waals surface area contributed by atoms with E-state index in [0.29, 0.717) is 18.1 Å². The number of hydrogen-bond acceptors (Lipinski definition) is 4. The average Bonchev–Trinajstić information content (AvgIpc) is 2.69. The highest BCUT2D eigenvalue weighted by Gasteiger charge is 2.21. The van der Waals surface area contributed by atoms with Crippen LogP contribution in [0.15, 0.2) is 47.6 Å². The van der Waals surface area contributed by atoms with Gasteiger partial charge in [0.1, 0.15) is 5.82 Å². The first-order valence-electron chi connectivity index (χ1n) is 8.65. The number of ether oxygens (including phenoxy) is 1. The van der Waals surface area contributed by atoms with Gasteiger partial charge in [-0.3, -0.25) is 4.99 Å². The molecule has 1 fully saturated rings. The fraction of sp³-hybridized carbons (Fsp3) is 0.368. The minimum Gasteiger partial charge on any atom is -0.481 e. The zero-order chi connectivity index (χ0) is 18.4. The van der Waals surface area contributed by atoms with E-state index >= 15 is 0 Å². The molecule has 27 heavy (non-hydrogen) atoms. The van der Waals surface area contributed by atoms with E-state index in [1.807, 2.05) is 24.3 Å². The minimum absolute atomic E-state index is 0. The number of aliphatic imine (C=N–C) groups is 1. The summed E-state index contributed by atoms with van der Waals surface area (Å²) >= 11 is 0. The Morgan fingerprint density at radius 1 is 1.22 bits per heavy atom. The zero-order valence-corrected chi connectivity index (χ0v) is 17.9. The van der Waals surface area contributed by atoms with Crippen LogP contribution >= 0.6 is 24.0 Å². The molecular weight excluding hydrogens is 460 g/mol. The second-order valence-corrected chi connectivity index (χ2v) is 6.03. The average molecular weight is 485 g/mol. The third kappa shape index (κ3) is 5.44. The Bertz CT molecular complexity index is 765. The lowest BCUT2D eigenvalue weighted by atomic mass is 10.2. The van der Waals surface area contributed by atoms with Gasteiger partial charge in [0.2, 0.25) is 5.88 Å². The van der Waals surface area contributed by atoms with Crippen molar-refractivity contribution in [3.63, 3.8) is 0 Å². The van der Waals surface area contributed by atoms with Gasteiger partial charge < -0.3 is 19.9 Å². The van der Waals surface area contributed by atoms with Crippen LogP contribution in [-0.4, -0.2) is 56.2 Å². The molecule has 1 aromatic heterocycles. The molecule has 0 bridgehead atoms. The van der Waals surface area contributed by atoms with Gasteiger partial charge in [0, 0.05) is 52.0 Å². The lowest BCUT2D eigenvalue weighted by Crippen LogP contribution is -2.52. The van der Waals surface area contributed by atoms with Crippen molar-refractivity contribution in [2.75, 3.05) is 45.2 Å². The summed E-state index contributed by atoms with van der Waals surface area (Å²) in [5, 5.41) is 3.37. The van der Waals surface area contributed by atoms with E-state index in [1.54, 1.807) is 26.4 Å². The number of rotatable bonds is 4. The smallest absolute Gasteiger partial charge is 0.213 e. The van der Waals surface area contributed by atoms with Gasteiger partial charge in [-0.15, -0.1) is 24.0 Å². The monoisotopic (exact) mass is 485 g/mol. The Kier molecular flexibility index (Phi) is 8.08. The maximum Gasteiger partial charge on any atom is 0.213 e. The summed E-state index contributed by atoms with van der Waals surface area (Å²) in [6, 6.07) is 10.8. The summed E-state index contributed by atoms with van der Waals surface area (Å²) in [6.45, 7) is 3.72. The molecule has 0 spiro atoms. The molecule has 0 amide bonds. The number of anilines is 1. The van der Waals surface area contributed by atoms with Crippen LogP contribution < -0.4 is 15.0 Å². The largest absolute Gasteiger partial charge is 0.481 e. The van der Waals surface area contributed by atoms with Gasteiger partial charge >= 0.3 is 0 Å². The normalized spacial score (nSPS) is 14.6. The summed E-state index contributed by atoms with van der Waals surface area (Å²) in [6.07, 6.45) is 1.73. The number of para-hydroxylation sites is 1. The fourth-order valence-corrected chi connectivity index (χ4v) is 3.05. The second kappa shape index (κ2) is 10.3. The van der Waals surface area contributed by atoms with Crippen LogP contribution in [0.5, 0.6) is 5.88 Å². The molecule has 1 saturated heterocycles. The molecule has 1 N–H and O–H groups in total. The van der Waals surface area contributed by atoms with Crippen molar-refractivity contribution in [1.82, 2.24) is 15.2 Å². The molecule has 8 heteroatoms. The van der Waals surface area contributed by atoms with E-state index in [0.717, 1.165) is 37.7 Å². The third-order valence-corrected chi connectivity index (χ3v) is 4.44. The number of halogens is 2. The van der Waals surface area contributed by atoms with Crippen molar-refractivity contribution in [3.05, 3.63) is 54.0 Å². The third-order valence-electron chi connectivity index (χ3n) is 4.44. The van der Waals surface area contributed by atoms with E-state index < -0.39 is 0 Å². The fourth-order valence-electron chi connectivity index (χ4n) is 3.05. The molecule has 146 valence electrons. The van der Waals surface area contributed by atoms with Crippen LogP contribution in [0.25, 0.3) is 0 Å². The zero-order valence-electron chi connectivity index (χ0n) is 15.6. The first-order valence-corrected chi connectivity index (χ1v) is 8.65. The molecule has 0 atom stereocenters. The van der Waals surface area contributed by atoms with Crippen molar-refractivity contribution < 1.29 is 9.13 Å². The SMILES string of the molecule is CN=C(NCc1ccnc(OC)c1)N1CCN(c2ccccc2F)CC1.I. The summed E-state index contributed by atoms with van der Waals surface area (Å²) in [5.41, 5.74) is 1.74. The summed E-state index contributed by atoms with van der Waals surface area (Å²) in [4.78, 5) is 12.8. The quantitative estimate of drug-likeness (QED) is 0.410. The number of aromatic nitrogens is 1. The summed E-state index contributed by atoms with van der Waals surface area (Å²) in [7, 11) is 3.38. The van der Waals surface area contributed by atoms with Crippen molar-refractivity contribution >= 4 is 35.6 Å². The van der Waals surface area contributed by atoms with Crippen LogP contribution in [0.3, 0.4) is 0 Å². The van der Waals surface area contributed by atoms with Crippen LogP contribution in [0.1, 0.15) is 5.56 Å². The van der Waals surface area contributed by atoms with Gasteiger partial charge in [-0.2, -0.15) is 0 Å². The van der Waals surface area contributed by atoms with Crippen LogP contribution in [-0.2, 0) is 6.54 Å². The topological polar surface area (TPSA) is 53.0 Å². The Morgan fingerprint density at radius 3 is 2.63 bits per heavy atom. The molecule has 1 aromatic carbocycles. The number of nitrogens with zero attached hydrogens (tertiary/aromatic N) is 4. The van der Waals surface area contributed by atoms with Gasteiger partial charge in [0.05, 0.1) is 12.8 Å². The first-order chi connectivity index (χ1) is 12.7. The van der Waals surface area contributed by atoms with Crippen LogP contribution in [0.2, 0.25) is 0 Å². The highest BCUT2D eigenvalue weighted by molar-refractivity contribution is 14.0. The predicted octanol–water partition coefficient (Wildman–Crippen LogP) is 2.74. The number of pyridine rings is 1. The van der Waals surface area contributed by atoms with Crippen molar-refractivity contribution in [2.45, 2.75) is 6.54 Å². The molecule has 0 aliphatic carbocycles. The molecule has 1 aliphatic rings. The number of nitrogens with one attached hydrogen (secondary N) is 1. The van der Waals surface area contributed by atoms with E-state index in [2.05, 4.69) is 25.1 Å². The van der Waals surface area contributed by atoms with Gasteiger partial charge in [-0.05, 0) is 23.8 Å². The molecule has 1 aliphatic heterocycles. The molecule has 0 radical (unpaired) electrons. The lowest BCUT2D eigenvalue weighted by Gasteiger charge is -2.37. The Hall–Kier alpha value is -2.10. The van der Waals surface area contributed by atoms with E-state index in [4.69, 9.17) is 4.74 Å². The Labute approximate surface area is 176 Å². The van der Waals surface area contributed by atoms with Crippen LogP contribution in [0.4, 0.5) is 10.1 Å². The predicted molar refractivity (Wildman–Crippen MR) is 117 cm³/mol. The summed E-state index contributed by atoms with van der Waals surface area (Å²) in [5.74, 6) is 1.27. The number of guanidine groups is 1. The lowest BCUT2D eigenvalue weighted by molar-refractivity contribution is 0.370. The Balaban J connectivity index is 0.00000261. The standard InChI is InChI=1S/C19H24FN5O.HI/c1-21-19(23-14-15-7-8-22-18(13-15)26-2)25-11-9-24(10-12-25)17-6-4-3-5-16(17)20;/h3-8,13H,9-12,14H2,1-2H3,(H,21,23);1H. The number of hydrogen-bond donors (Lipinski definition) is 1. The van der Waals surface area contributed by atoms with E-state index in [-0.39, 0.29) is 29.8 Å². The molecule has 2 heterocycles. The molecule has 2 aromatic rings. The molecule has 0 saturated carbocycles. The Morgan fingerprint density at radius 2 is 1.96 bits per heavy atom. The van der Waals surface area contributed by atoms with Crippen molar-refractivity contribution in [1.29, 1.82) is 0 Å². The highest BCUT2D eigenvalue weighted by Crippen LogP contribution is 2.20. The van der Waals surface area contributed by atoms with Gasteiger partial charge in [-0.25, -0.2) is 9.37 Å². The summed E-state index contributed by atoms with van der Waals surface area (Å²) < 4.78 is 19.1. The highest BCUT2D eigenvalue weighted by atomic mass is 127. The number of benzene rings is 1. The van der Waals surface area contributed by atoms with Gasteiger partial charge in [0.15, 0.2) is 5.96 Å². The molecular formula is C19H25FIN5O. The second-order valence-electron chi connectivity index (χ2n) is 6.03.